The number of nitrogen functional groups attached to an aromatic ring is 1. The number of amides is 1. The van der Waals surface area contributed by atoms with E-state index >= 15 is 0 Å². The number of likely N-dealkylation sites (N-methyl/N-ethyl adjacent to an activating group) is 2. The Morgan fingerprint density at radius 1 is 0.582 bits per heavy atom. The number of carbonyl (C=O) groups is 1. The second-order valence-corrected chi connectivity index (χ2v) is 17.2. The number of nitro groups is 3. The lowest BCUT2D eigenvalue weighted by Crippen LogP contribution is -2.36. The van der Waals surface area contributed by atoms with Crippen LogP contribution in [0.15, 0.2) is 72.8 Å². The van der Waals surface area contributed by atoms with Gasteiger partial charge in [-0.3, -0.25) is 30.3 Å². The third-order valence-electron chi connectivity index (χ3n) is 11.6. The van der Waals surface area contributed by atoms with Crippen molar-refractivity contribution in [2.24, 2.45) is 0 Å². The van der Waals surface area contributed by atoms with E-state index in [1.165, 1.54) is 46.8 Å². The van der Waals surface area contributed by atoms with Gasteiger partial charge in [-0.25, -0.2) is 29.6 Å². The Hall–Kier alpha value is -8.57. The van der Waals surface area contributed by atoms with Gasteiger partial charge in [0, 0.05) is 102 Å². The Bertz CT molecular complexity index is 3290. The highest BCUT2D eigenvalue weighted by Crippen LogP contribution is 2.32. The Morgan fingerprint density at radius 2 is 1.00 bits per heavy atom. The molecule has 8 heterocycles. The summed E-state index contributed by atoms with van der Waals surface area (Å²) in [7, 11) is 4.03. The molecule has 4 aromatic heterocycles. The lowest BCUT2D eigenvalue weighted by molar-refractivity contribution is -0.384. The van der Waals surface area contributed by atoms with E-state index in [1.807, 2.05) is 39.3 Å². The minimum Gasteiger partial charge on any atom is -0.443 e. The molecule has 4 aromatic carbocycles. The Kier molecular flexibility index (Phi) is 10.9. The van der Waals surface area contributed by atoms with Gasteiger partial charge in [-0.1, -0.05) is 0 Å². The molecule has 24 heteroatoms. The zero-order valence-corrected chi connectivity index (χ0v) is 37.2. The van der Waals surface area contributed by atoms with E-state index in [-0.39, 0.29) is 17.1 Å². The number of non-ortho nitro benzene ring substituents is 3. The van der Waals surface area contributed by atoms with Crippen LogP contribution in [0.25, 0.3) is 44.1 Å². The molecule has 3 N–H and O–H groups in total. The first-order chi connectivity index (χ1) is 31.9. The van der Waals surface area contributed by atoms with Crippen molar-refractivity contribution in [3.8, 4) is 0 Å². The molecule has 4 aliphatic rings. The number of aromatic nitrogens is 8. The monoisotopic (exact) mass is 914 g/mol. The molecule has 0 fully saturated rings. The summed E-state index contributed by atoms with van der Waals surface area (Å²) in [6.07, 6.45) is -0.462. The zero-order chi connectivity index (χ0) is 47.5. The summed E-state index contributed by atoms with van der Waals surface area (Å²) in [5.41, 5.74) is 12.8. The molecule has 24 nitrogen and oxygen atoms in total. The molecule has 0 spiro atoms. The van der Waals surface area contributed by atoms with Crippen LogP contribution in [0, 0.1) is 30.3 Å². The van der Waals surface area contributed by atoms with Crippen molar-refractivity contribution in [2.75, 3.05) is 66.0 Å². The van der Waals surface area contributed by atoms with E-state index in [1.54, 1.807) is 39.0 Å². The van der Waals surface area contributed by atoms with Crippen LogP contribution in [-0.2, 0) is 30.9 Å². The standard InChI is InChI=1S/C14H16N4O4.C10H10N4O2.C10H12N4.C9H8N4O2/c1-14(2,3)22-13(19)17-7-6-16-11-5-4-9(18(20)21)8-10(11)15-12(16)17;1-12-4-5-13-9-3-2-7(14(15)16)6-8(9)11-10(12)13;1-13-4-5-14-9-3-2-7(11)6-8(9)12-10(13)14;14-13(15)6-1-2-8-7(5-6)11-9-10-3-4-12(8)9/h4-5,8H,6-7H2,1-3H3;2-3,6H,4-5H2,1H3;2-3,6H,4-5,11H2,1H3;1-2,5H,3-4H2,(H,10,11). The van der Waals surface area contributed by atoms with Gasteiger partial charge in [-0.05, 0) is 57.2 Å². The number of imidazole rings is 4. The second kappa shape index (κ2) is 16.8. The highest BCUT2D eigenvalue weighted by Gasteiger charge is 2.32. The maximum absolute atomic E-state index is 12.2. The number of nitrogens with two attached hydrogens (primary N) is 1. The molecule has 0 bridgehead atoms. The number of anilines is 5. The van der Waals surface area contributed by atoms with Crippen molar-refractivity contribution in [2.45, 2.75) is 52.6 Å². The van der Waals surface area contributed by atoms with Gasteiger partial charge in [-0.2, -0.15) is 0 Å². The number of fused-ring (bicyclic) bond motifs is 12. The smallest absolute Gasteiger partial charge is 0.417 e. The van der Waals surface area contributed by atoms with Gasteiger partial charge in [0.25, 0.3) is 17.1 Å². The van der Waals surface area contributed by atoms with Gasteiger partial charge in [0.2, 0.25) is 23.8 Å². The molecule has 0 saturated heterocycles. The van der Waals surface area contributed by atoms with Crippen molar-refractivity contribution in [1.29, 1.82) is 0 Å². The SMILES string of the molecule is CC(C)(C)OC(=O)N1CCn2c1nc1cc([N+](=O)[O-])ccc12.CN1CCn2c1nc1cc(N)ccc12.CN1CCn2c1nc1cc([N+](=O)[O-])ccc12.O=[N+]([O-])c1ccc2c(c1)nc1n2CCN1. The fourth-order valence-corrected chi connectivity index (χ4v) is 8.38. The first-order valence-electron chi connectivity index (χ1n) is 21.3. The topological polar surface area (TPSA) is 275 Å². The van der Waals surface area contributed by atoms with E-state index in [4.69, 9.17) is 10.5 Å². The molecule has 12 rings (SSSR count). The Labute approximate surface area is 380 Å². The summed E-state index contributed by atoms with van der Waals surface area (Å²) in [4.78, 5) is 66.3. The van der Waals surface area contributed by atoms with Crippen LogP contribution in [0.2, 0.25) is 0 Å². The van der Waals surface area contributed by atoms with Crippen molar-refractivity contribution >= 4 is 96.8 Å². The average Bonchev–Trinajstić information content (AvgIpc) is 4.15. The van der Waals surface area contributed by atoms with Gasteiger partial charge in [-0.15, -0.1) is 0 Å². The van der Waals surface area contributed by atoms with E-state index in [9.17, 15) is 35.1 Å². The normalized spacial score (nSPS) is 14.4. The Balaban J connectivity index is 0.000000114. The van der Waals surface area contributed by atoms with Gasteiger partial charge in [0.15, 0.2) is 0 Å². The number of ether oxygens (including phenoxy) is 1. The number of nitro benzene ring substituents is 3. The molecule has 4 aliphatic heterocycles. The predicted octanol–water partition coefficient (Wildman–Crippen LogP) is 6.53. The molecular weight excluding hydrogens is 869 g/mol. The zero-order valence-electron chi connectivity index (χ0n) is 37.2. The van der Waals surface area contributed by atoms with Crippen LogP contribution in [0.5, 0.6) is 0 Å². The summed E-state index contributed by atoms with van der Waals surface area (Å²) < 4.78 is 13.6. The maximum atomic E-state index is 12.2. The van der Waals surface area contributed by atoms with Crippen molar-refractivity contribution in [1.82, 2.24) is 38.2 Å². The second-order valence-electron chi connectivity index (χ2n) is 17.2. The number of carbonyl (C=O) groups excluding carboxylic acids is 1. The highest BCUT2D eigenvalue weighted by molar-refractivity contribution is 5.91. The number of nitrogens with one attached hydrogen (secondary N) is 1. The lowest BCUT2D eigenvalue weighted by atomic mass is 10.2. The van der Waals surface area contributed by atoms with E-state index < -0.39 is 26.5 Å². The predicted molar refractivity (Wildman–Crippen MR) is 252 cm³/mol. The van der Waals surface area contributed by atoms with E-state index in [0.717, 1.165) is 84.9 Å². The van der Waals surface area contributed by atoms with Gasteiger partial charge in [0.05, 0.1) is 65.4 Å². The van der Waals surface area contributed by atoms with Crippen molar-refractivity contribution < 1.29 is 24.3 Å². The fraction of sp³-hybridized carbons (Fsp3) is 0.326. The van der Waals surface area contributed by atoms with Crippen molar-refractivity contribution in [3.05, 3.63) is 103 Å². The molecule has 0 aliphatic carbocycles. The van der Waals surface area contributed by atoms with Crippen LogP contribution in [0.4, 0.5) is 51.3 Å². The van der Waals surface area contributed by atoms with Gasteiger partial charge >= 0.3 is 6.09 Å². The largest absolute Gasteiger partial charge is 0.443 e. The van der Waals surface area contributed by atoms with Crippen LogP contribution < -0.4 is 25.8 Å². The number of nitrogens with zero attached hydrogens (tertiary/aromatic N) is 14. The van der Waals surface area contributed by atoms with Gasteiger partial charge < -0.3 is 43.9 Å². The number of rotatable bonds is 3. The molecule has 8 aromatic rings. The van der Waals surface area contributed by atoms with Gasteiger partial charge in [0.1, 0.15) is 5.60 Å². The van der Waals surface area contributed by atoms with Crippen LogP contribution in [0.3, 0.4) is 0 Å². The maximum Gasteiger partial charge on any atom is 0.417 e. The van der Waals surface area contributed by atoms with E-state index in [2.05, 4.69) is 46.3 Å². The molecular formula is C43H46N16O8. The number of benzene rings is 4. The lowest BCUT2D eigenvalue weighted by Gasteiger charge is -2.23. The molecule has 67 heavy (non-hydrogen) atoms. The third-order valence-corrected chi connectivity index (χ3v) is 11.6. The summed E-state index contributed by atoms with van der Waals surface area (Å²) in [5.74, 6) is 3.19. The summed E-state index contributed by atoms with van der Waals surface area (Å²) >= 11 is 0. The number of hydrogen-bond donors (Lipinski definition) is 2. The first kappa shape index (κ1) is 43.7. The highest BCUT2D eigenvalue weighted by atomic mass is 16.6. The summed E-state index contributed by atoms with van der Waals surface area (Å²) in [5, 5.41) is 35.2. The molecule has 1 amide bonds. The molecule has 346 valence electrons. The van der Waals surface area contributed by atoms with Crippen LogP contribution >= 0.6 is 0 Å². The molecule has 0 radical (unpaired) electrons. The molecule has 0 unspecified atom stereocenters. The molecule has 0 atom stereocenters. The molecule has 0 saturated carbocycles. The first-order valence-corrected chi connectivity index (χ1v) is 21.3. The quantitative estimate of drug-likeness (QED) is 0.108. The Morgan fingerprint density at radius 3 is 1.49 bits per heavy atom. The van der Waals surface area contributed by atoms with Crippen LogP contribution in [0.1, 0.15) is 20.8 Å². The number of hydrogen-bond acceptors (Lipinski definition) is 16. The fourth-order valence-electron chi connectivity index (χ4n) is 8.38. The summed E-state index contributed by atoms with van der Waals surface area (Å²) in [6, 6.07) is 20.0. The summed E-state index contributed by atoms with van der Waals surface area (Å²) in [6.45, 7) is 12.1. The minimum atomic E-state index is -0.588. The van der Waals surface area contributed by atoms with E-state index in [0.29, 0.717) is 35.6 Å². The van der Waals surface area contributed by atoms with Crippen LogP contribution in [-0.4, -0.2) is 105 Å². The minimum absolute atomic E-state index is 0.0203. The average molecular weight is 915 g/mol. The third kappa shape index (κ3) is 8.34. The van der Waals surface area contributed by atoms with Crippen molar-refractivity contribution in [3.63, 3.8) is 0 Å².